The van der Waals surface area contributed by atoms with Gasteiger partial charge in [-0.2, -0.15) is 0 Å². The summed E-state index contributed by atoms with van der Waals surface area (Å²) in [5.41, 5.74) is 3.63. The highest BCUT2D eigenvalue weighted by Crippen LogP contribution is 2.31. The van der Waals surface area contributed by atoms with Crippen LogP contribution in [-0.2, 0) is 0 Å². The molecule has 4 heteroatoms. The van der Waals surface area contributed by atoms with Gasteiger partial charge in [0.2, 0.25) is 0 Å². The van der Waals surface area contributed by atoms with Gasteiger partial charge >= 0.3 is 0 Å². The summed E-state index contributed by atoms with van der Waals surface area (Å²) in [5, 5.41) is 0. The number of nitrogens with one attached hydrogen (secondary N) is 1. The molecule has 0 aliphatic rings. The number of oxazole rings is 1. The van der Waals surface area contributed by atoms with Crippen LogP contribution in [0.2, 0.25) is 0 Å². The van der Waals surface area contributed by atoms with E-state index >= 15 is 0 Å². The Morgan fingerprint density at radius 3 is 2.46 bits per heavy atom. The second-order valence-corrected chi connectivity index (χ2v) is 4.26. The number of hydrazine groups is 1. The van der Waals surface area contributed by atoms with Gasteiger partial charge in [-0.25, -0.2) is 4.98 Å². The third-order valence-corrected chi connectivity index (χ3v) is 1.97. The fourth-order valence-corrected chi connectivity index (χ4v) is 1.29. The molecule has 3 N–H and O–H groups in total. The molecule has 0 fully saturated rings. The molecule has 0 spiro atoms. The topological polar surface area (TPSA) is 64.1 Å². The Bertz CT molecular complexity index is 275. The third kappa shape index (κ3) is 2.29. The van der Waals surface area contributed by atoms with E-state index in [2.05, 4.69) is 31.2 Å². The van der Waals surface area contributed by atoms with Crippen molar-refractivity contribution in [1.82, 2.24) is 10.4 Å². The highest BCUT2D eigenvalue weighted by Gasteiger charge is 2.27. The van der Waals surface area contributed by atoms with E-state index in [1.54, 1.807) is 6.26 Å². The van der Waals surface area contributed by atoms with Crippen molar-refractivity contribution in [1.29, 1.82) is 0 Å². The first-order chi connectivity index (χ1) is 5.95. The molecular formula is C9H17N3O. The lowest BCUT2D eigenvalue weighted by Crippen LogP contribution is -2.37. The average Bonchev–Trinajstić information content (AvgIpc) is 2.34. The van der Waals surface area contributed by atoms with Gasteiger partial charge in [0.1, 0.15) is 6.26 Å². The maximum Gasteiger partial charge on any atom is 0.191 e. The van der Waals surface area contributed by atoms with Gasteiger partial charge in [0.15, 0.2) is 5.89 Å². The Labute approximate surface area is 78.5 Å². The lowest BCUT2D eigenvalue weighted by atomic mass is 9.85. The molecule has 0 saturated heterocycles. The summed E-state index contributed by atoms with van der Waals surface area (Å²) in [5.74, 6) is 6.13. The van der Waals surface area contributed by atoms with Crippen molar-refractivity contribution in [2.75, 3.05) is 0 Å². The standard InChI is InChI=1S/C9H17N3O/c1-6-11-7(5-13-6)8(12-10)9(2,3)4/h5,8,12H,10H2,1-4H3. The predicted molar refractivity (Wildman–Crippen MR) is 50.8 cm³/mol. The van der Waals surface area contributed by atoms with Crippen LogP contribution in [0.25, 0.3) is 0 Å². The van der Waals surface area contributed by atoms with Crippen LogP contribution in [0.1, 0.15) is 38.4 Å². The summed E-state index contributed by atoms with van der Waals surface area (Å²) in [6.07, 6.45) is 1.64. The predicted octanol–water partition coefficient (Wildman–Crippen LogP) is 1.53. The quantitative estimate of drug-likeness (QED) is 0.539. The molecule has 1 unspecified atom stereocenters. The first-order valence-corrected chi connectivity index (χ1v) is 4.33. The van der Waals surface area contributed by atoms with E-state index in [1.165, 1.54) is 0 Å². The van der Waals surface area contributed by atoms with E-state index < -0.39 is 0 Å². The van der Waals surface area contributed by atoms with E-state index in [-0.39, 0.29) is 11.5 Å². The van der Waals surface area contributed by atoms with Crippen LogP contribution in [0.4, 0.5) is 0 Å². The molecule has 4 nitrogen and oxygen atoms in total. The molecule has 74 valence electrons. The van der Waals surface area contributed by atoms with E-state index in [1.807, 2.05) is 6.92 Å². The van der Waals surface area contributed by atoms with Gasteiger partial charge in [0.05, 0.1) is 11.7 Å². The molecule has 0 aliphatic carbocycles. The SMILES string of the molecule is Cc1nc(C(NN)C(C)(C)C)co1. The Morgan fingerprint density at radius 1 is 1.54 bits per heavy atom. The minimum atomic E-state index is 0.0185. The second-order valence-electron chi connectivity index (χ2n) is 4.26. The van der Waals surface area contributed by atoms with Gasteiger partial charge < -0.3 is 4.42 Å². The molecule has 1 aromatic rings. The maximum absolute atomic E-state index is 5.47. The van der Waals surface area contributed by atoms with Gasteiger partial charge in [-0.05, 0) is 5.41 Å². The van der Waals surface area contributed by atoms with E-state index in [9.17, 15) is 0 Å². The second kappa shape index (κ2) is 3.47. The molecule has 13 heavy (non-hydrogen) atoms. The fourth-order valence-electron chi connectivity index (χ4n) is 1.29. The third-order valence-electron chi connectivity index (χ3n) is 1.97. The number of rotatable bonds is 2. The summed E-state index contributed by atoms with van der Waals surface area (Å²) in [6.45, 7) is 8.12. The number of hydrogen-bond donors (Lipinski definition) is 2. The van der Waals surface area contributed by atoms with E-state index in [4.69, 9.17) is 10.3 Å². The Morgan fingerprint density at radius 2 is 2.15 bits per heavy atom. The van der Waals surface area contributed by atoms with Crippen molar-refractivity contribution >= 4 is 0 Å². The highest BCUT2D eigenvalue weighted by atomic mass is 16.3. The monoisotopic (exact) mass is 183 g/mol. The van der Waals surface area contributed by atoms with Gasteiger partial charge in [0, 0.05) is 6.92 Å². The summed E-state index contributed by atoms with van der Waals surface area (Å²) < 4.78 is 5.14. The van der Waals surface area contributed by atoms with Crippen molar-refractivity contribution in [3.05, 3.63) is 17.8 Å². The molecule has 1 aromatic heterocycles. The van der Waals surface area contributed by atoms with Gasteiger partial charge in [-0.15, -0.1) is 0 Å². The molecular weight excluding hydrogens is 166 g/mol. The molecule has 0 bridgehead atoms. The number of nitrogens with zero attached hydrogens (tertiary/aromatic N) is 1. The smallest absolute Gasteiger partial charge is 0.191 e. The van der Waals surface area contributed by atoms with Gasteiger partial charge in [0.25, 0.3) is 0 Å². The van der Waals surface area contributed by atoms with Crippen molar-refractivity contribution in [3.63, 3.8) is 0 Å². The van der Waals surface area contributed by atoms with Gasteiger partial charge in [-0.1, -0.05) is 20.8 Å². The molecule has 1 atom stereocenters. The molecule has 0 aliphatic heterocycles. The Hall–Kier alpha value is -0.870. The number of aromatic nitrogens is 1. The Balaban J connectivity index is 2.91. The van der Waals surface area contributed by atoms with E-state index in [0.29, 0.717) is 5.89 Å². The minimum Gasteiger partial charge on any atom is -0.449 e. The molecule has 0 saturated carbocycles. The summed E-state index contributed by atoms with van der Waals surface area (Å²) in [6, 6.07) is 0.0185. The number of hydrogen-bond acceptors (Lipinski definition) is 4. The van der Waals surface area contributed by atoms with Crippen LogP contribution in [0.3, 0.4) is 0 Å². The molecule has 1 heterocycles. The van der Waals surface area contributed by atoms with Crippen molar-refractivity contribution in [2.24, 2.45) is 11.3 Å². The first-order valence-electron chi connectivity index (χ1n) is 4.33. The van der Waals surface area contributed by atoms with Crippen molar-refractivity contribution < 1.29 is 4.42 Å². The van der Waals surface area contributed by atoms with Crippen molar-refractivity contribution in [3.8, 4) is 0 Å². The minimum absolute atomic E-state index is 0.0185. The van der Waals surface area contributed by atoms with Crippen LogP contribution in [0, 0.1) is 12.3 Å². The van der Waals surface area contributed by atoms with Crippen molar-refractivity contribution in [2.45, 2.75) is 33.7 Å². The molecule has 0 radical (unpaired) electrons. The van der Waals surface area contributed by atoms with Crippen LogP contribution < -0.4 is 11.3 Å². The molecule has 0 amide bonds. The number of aryl methyl sites for hydroxylation is 1. The summed E-state index contributed by atoms with van der Waals surface area (Å²) >= 11 is 0. The highest BCUT2D eigenvalue weighted by molar-refractivity contribution is 5.06. The fraction of sp³-hybridized carbons (Fsp3) is 0.667. The maximum atomic E-state index is 5.47. The lowest BCUT2D eigenvalue weighted by molar-refractivity contribution is 0.270. The summed E-state index contributed by atoms with van der Waals surface area (Å²) in [7, 11) is 0. The van der Waals surface area contributed by atoms with E-state index in [0.717, 1.165) is 5.69 Å². The van der Waals surface area contributed by atoms with Crippen LogP contribution in [-0.4, -0.2) is 4.98 Å². The normalized spacial score (nSPS) is 14.5. The molecule has 1 rings (SSSR count). The Kier molecular flexibility index (Phi) is 2.73. The largest absolute Gasteiger partial charge is 0.449 e. The lowest BCUT2D eigenvalue weighted by Gasteiger charge is -2.27. The first kappa shape index (κ1) is 10.2. The zero-order valence-corrected chi connectivity index (χ0v) is 8.59. The van der Waals surface area contributed by atoms with Crippen LogP contribution in [0.5, 0.6) is 0 Å². The summed E-state index contributed by atoms with van der Waals surface area (Å²) in [4.78, 5) is 4.24. The number of nitrogens with two attached hydrogens (primary N) is 1. The average molecular weight is 183 g/mol. The molecule has 0 aromatic carbocycles. The van der Waals surface area contributed by atoms with Crippen LogP contribution >= 0.6 is 0 Å². The van der Waals surface area contributed by atoms with Crippen LogP contribution in [0.15, 0.2) is 10.7 Å². The zero-order valence-electron chi connectivity index (χ0n) is 8.59. The van der Waals surface area contributed by atoms with Gasteiger partial charge in [-0.3, -0.25) is 11.3 Å². The zero-order chi connectivity index (χ0) is 10.1.